The Hall–Kier alpha value is -3.01. The summed E-state index contributed by atoms with van der Waals surface area (Å²) in [6.45, 7) is 0.625. The monoisotopic (exact) mass is 334 g/mol. The highest BCUT2D eigenvalue weighted by Crippen LogP contribution is 2.36. The van der Waals surface area contributed by atoms with E-state index < -0.39 is 0 Å². The summed E-state index contributed by atoms with van der Waals surface area (Å²) in [6.07, 6.45) is 3.55. The minimum Gasteiger partial charge on any atom is -0.493 e. The average Bonchev–Trinajstić information content (AvgIpc) is 2.66. The number of rotatable bonds is 7. The molecule has 3 rings (SSSR count). The molecule has 0 aliphatic rings. The second-order valence-electron chi connectivity index (χ2n) is 5.79. The van der Waals surface area contributed by atoms with Crippen LogP contribution in [0.4, 0.5) is 0 Å². The molecule has 0 bridgehead atoms. The van der Waals surface area contributed by atoms with Crippen LogP contribution in [0.15, 0.2) is 65.8 Å². The topological polar surface area (TPSA) is 56.8 Å². The third kappa shape index (κ3) is 4.10. The van der Waals surface area contributed by atoms with Crippen molar-refractivity contribution in [1.82, 2.24) is 0 Å². The molecular formula is C21H22N2O2. The number of benzene rings is 3. The highest BCUT2D eigenvalue weighted by atomic mass is 16.5. The molecule has 0 aromatic heterocycles. The fourth-order valence-electron chi connectivity index (χ4n) is 2.86. The molecule has 0 aliphatic heterocycles. The number of hydrogen-bond acceptors (Lipinski definition) is 4. The normalized spacial score (nSPS) is 11.1. The van der Waals surface area contributed by atoms with E-state index in [9.17, 15) is 0 Å². The van der Waals surface area contributed by atoms with Crippen LogP contribution >= 0.6 is 0 Å². The zero-order chi connectivity index (χ0) is 17.5. The van der Waals surface area contributed by atoms with Crippen LogP contribution in [0.1, 0.15) is 17.5 Å². The Kier molecular flexibility index (Phi) is 5.52. The van der Waals surface area contributed by atoms with Gasteiger partial charge in [0.25, 0.3) is 0 Å². The number of nitrogens with two attached hydrogens (primary N) is 1. The van der Waals surface area contributed by atoms with E-state index in [4.69, 9.17) is 15.3 Å². The Morgan fingerprint density at radius 2 is 1.84 bits per heavy atom. The SMILES string of the molecule is COc1ccc2ccc(C=NN)cc2c1OCCCc1ccccc1. The predicted octanol–water partition coefficient (Wildman–Crippen LogP) is 4.15. The quantitative estimate of drug-likeness (QED) is 0.306. The molecule has 4 heteroatoms. The van der Waals surface area contributed by atoms with Crippen LogP contribution in [0, 0.1) is 0 Å². The second kappa shape index (κ2) is 8.20. The third-order valence-electron chi connectivity index (χ3n) is 4.10. The van der Waals surface area contributed by atoms with Crippen LogP contribution in [-0.2, 0) is 6.42 Å². The lowest BCUT2D eigenvalue weighted by atomic mass is 10.1. The predicted molar refractivity (Wildman–Crippen MR) is 103 cm³/mol. The largest absolute Gasteiger partial charge is 0.493 e. The van der Waals surface area contributed by atoms with Crippen molar-refractivity contribution < 1.29 is 9.47 Å². The molecular weight excluding hydrogens is 312 g/mol. The van der Waals surface area contributed by atoms with Gasteiger partial charge in [0.15, 0.2) is 11.5 Å². The van der Waals surface area contributed by atoms with Gasteiger partial charge in [0, 0.05) is 5.39 Å². The Morgan fingerprint density at radius 3 is 2.60 bits per heavy atom. The van der Waals surface area contributed by atoms with Crippen LogP contribution in [0.25, 0.3) is 10.8 Å². The van der Waals surface area contributed by atoms with E-state index in [-0.39, 0.29) is 0 Å². The molecule has 25 heavy (non-hydrogen) atoms. The van der Waals surface area contributed by atoms with Gasteiger partial charge >= 0.3 is 0 Å². The zero-order valence-corrected chi connectivity index (χ0v) is 14.3. The number of methoxy groups -OCH3 is 1. The van der Waals surface area contributed by atoms with Crippen molar-refractivity contribution in [3.05, 3.63) is 71.8 Å². The lowest BCUT2D eigenvalue weighted by Gasteiger charge is -2.14. The van der Waals surface area contributed by atoms with Crippen LogP contribution in [0.3, 0.4) is 0 Å². The van der Waals surface area contributed by atoms with E-state index in [0.29, 0.717) is 6.61 Å². The molecule has 128 valence electrons. The maximum absolute atomic E-state index is 6.10. The molecule has 0 fully saturated rings. The van der Waals surface area contributed by atoms with Crippen molar-refractivity contribution in [2.24, 2.45) is 10.9 Å². The first-order valence-electron chi connectivity index (χ1n) is 8.32. The van der Waals surface area contributed by atoms with Crippen LogP contribution in [0.2, 0.25) is 0 Å². The molecule has 3 aromatic rings. The van der Waals surface area contributed by atoms with E-state index in [1.54, 1.807) is 13.3 Å². The van der Waals surface area contributed by atoms with Crippen molar-refractivity contribution in [3.63, 3.8) is 0 Å². The Labute approximate surface area is 147 Å². The second-order valence-corrected chi connectivity index (χ2v) is 5.79. The number of nitrogens with zero attached hydrogens (tertiary/aromatic N) is 1. The summed E-state index contributed by atoms with van der Waals surface area (Å²) in [5.41, 5.74) is 2.25. The molecule has 0 radical (unpaired) electrons. The van der Waals surface area contributed by atoms with Gasteiger partial charge in [-0.2, -0.15) is 5.10 Å². The lowest BCUT2D eigenvalue weighted by Crippen LogP contribution is -2.02. The highest BCUT2D eigenvalue weighted by Gasteiger charge is 2.10. The molecule has 0 saturated carbocycles. The van der Waals surface area contributed by atoms with Crippen LogP contribution < -0.4 is 15.3 Å². The van der Waals surface area contributed by atoms with Crippen molar-refractivity contribution in [3.8, 4) is 11.5 Å². The maximum Gasteiger partial charge on any atom is 0.168 e. The van der Waals surface area contributed by atoms with Crippen LogP contribution in [0.5, 0.6) is 11.5 Å². The van der Waals surface area contributed by atoms with Crippen molar-refractivity contribution in [2.45, 2.75) is 12.8 Å². The molecule has 0 amide bonds. The lowest BCUT2D eigenvalue weighted by molar-refractivity contribution is 0.293. The summed E-state index contributed by atoms with van der Waals surface area (Å²) in [4.78, 5) is 0. The van der Waals surface area contributed by atoms with E-state index >= 15 is 0 Å². The van der Waals surface area contributed by atoms with Crippen molar-refractivity contribution >= 4 is 17.0 Å². The molecule has 4 nitrogen and oxygen atoms in total. The number of hydrazone groups is 1. The van der Waals surface area contributed by atoms with Crippen molar-refractivity contribution in [2.75, 3.05) is 13.7 Å². The van der Waals surface area contributed by atoms with E-state index in [1.807, 2.05) is 36.4 Å². The van der Waals surface area contributed by atoms with E-state index in [2.05, 4.69) is 29.4 Å². The van der Waals surface area contributed by atoms with Gasteiger partial charge in [0.05, 0.1) is 19.9 Å². The average molecular weight is 334 g/mol. The number of aryl methyl sites for hydroxylation is 1. The first-order chi connectivity index (χ1) is 12.3. The van der Waals surface area contributed by atoms with Gasteiger partial charge in [0.2, 0.25) is 0 Å². The molecule has 2 N–H and O–H groups in total. The molecule has 0 heterocycles. The first kappa shape index (κ1) is 16.8. The van der Waals surface area contributed by atoms with E-state index in [1.165, 1.54) is 5.56 Å². The molecule has 0 aliphatic carbocycles. The number of ether oxygens (including phenoxy) is 2. The Balaban J connectivity index is 1.79. The van der Waals surface area contributed by atoms with Gasteiger partial charge in [0.1, 0.15) is 0 Å². The van der Waals surface area contributed by atoms with Gasteiger partial charge in [-0.15, -0.1) is 0 Å². The zero-order valence-electron chi connectivity index (χ0n) is 14.3. The van der Waals surface area contributed by atoms with Gasteiger partial charge in [-0.3, -0.25) is 0 Å². The summed E-state index contributed by atoms with van der Waals surface area (Å²) in [5.74, 6) is 6.76. The minimum atomic E-state index is 0.625. The van der Waals surface area contributed by atoms with Gasteiger partial charge in [-0.05, 0) is 41.5 Å². The summed E-state index contributed by atoms with van der Waals surface area (Å²) in [7, 11) is 1.66. The summed E-state index contributed by atoms with van der Waals surface area (Å²) < 4.78 is 11.6. The number of hydrogen-bond donors (Lipinski definition) is 1. The fourth-order valence-corrected chi connectivity index (χ4v) is 2.86. The van der Waals surface area contributed by atoms with Crippen molar-refractivity contribution in [1.29, 1.82) is 0 Å². The molecule has 0 saturated heterocycles. The summed E-state index contributed by atoms with van der Waals surface area (Å²) >= 11 is 0. The van der Waals surface area contributed by atoms with E-state index in [0.717, 1.165) is 40.7 Å². The maximum atomic E-state index is 6.10. The summed E-state index contributed by atoms with van der Waals surface area (Å²) in [6, 6.07) is 20.4. The van der Waals surface area contributed by atoms with Crippen LogP contribution in [-0.4, -0.2) is 19.9 Å². The fraction of sp³-hybridized carbons (Fsp3) is 0.190. The summed E-state index contributed by atoms with van der Waals surface area (Å²) in [5, 5.41) is 5.68. The minimum absolute atomic E-state index is 0.625. The smallest absolute Gasteiger partial charge is 0.168 e. The Bertz CT molecular complexity index is 860. The van der Waals surface area contributed by atoms with Gasteiger partial charge < -0.3 is 15.3 Å². The Morgan fingerprint density at radius 1 is 1.04 bits per heavy atom. The first-order valence-corrected chi connectivity index (χ1v) is 8.32. The standard InChI is InChI=1S/C21H22N2O2/c1-24-20-12-11-18-10-9-17(15-23-22)14-19(18)21(20)25-13-5-8-16-6-3-2-4-7-16/h2-4,6-7,9-12,14-15H,5,8,13,22H2,1H3. The molecule has 0 atom stereocenters. The third-order valence-corrected chi connectivity index (χ3v) is 4.10. The van der Waals surface area contributed by atoms with Gasteiger partial charge in [-0.25, -0.2) is 0 Å². The number of fused-ring (bicyclic) bond motifs is 1. The molecule has 0 spiro atoms. The molecule has 3 aromatic carbocycles. The highest BCUT2D eigenvalue weighted by molar-refractivity contribution is 5.95. The molecule has 0 unspecified atom stereocenters. The van der Waals surface area contributed by atoms with Gasteiger partial charge in [-0.1, -0.05) is 48.5 Å².